The van der Waals surface area contributed by atoms with Crippen LogP contribution in [0.15, 0.2) is 46.9 Å². The number of hydrogen-bond acceptors (Lipinski definition) is 3. The SMILES string of the molecule is COc1ccc(C[C@H]2NC(=O)n3c2nc2ccc(Br)cc23)cc1. The summed E-state index contributed by atoms with van der Waals surface area (Å²) in [6.07, 6.45) is 0.695. The van der Waals surface area contributed by atoms with Gasteiger partial charge in [-0.05, 0) is 42.3 Å². The maximum atomic E-state index is 12.3. The number of methoxy groups -OCH3 is 1. The van der Waals surface area contributed by atoms with Crippen molar-refractivity contribution in [1.82, 2.24) is 14.9 Å². The topological polar surface area (TPSA) is 56.1 Å². The van der Waals surface area contributed by atoms with Gasteiger partial charge >= 0.3 is 6.03 Å². The van der Waals surface area contributed by atoms with E-state index in [0.717, 1.165) is 32.6 Å². The second-order valence-corrected chi connectivity index (χ2v) is 6.41. The minimum atomic E-state index is -0.126. The molecule has 0 bridgehead atoms. The standard InChI is InChI=1S/C17H14BrN3O2/c1-23-12-5-2-10(3-6-12)8-14-16-19-13-7-4-11(18)9-15(13)21(16)17(22)20-14/h2-7,9,14H,8H2,1H3,(H,20,22)/t14-/m1/s1. The van der Waals surface area contributed by atoms with E-state index in [1.807, 2.05) is 42.5 Å². The van der Waals surface area contributed by atoms with Crippen molar-refractivity contribution in [3.05, 3.63) is 58.3 Å². The van der Waals surface area contributed by atoms with E-state index >= 15 is 0 Å². The van der Waals surface area contributed by atoms with Gasteiger partial charge in [0.1, 0.15) is 11.6 Å². The first-order chi connectivity index (χ1) is 11.2. The molecule has 3 aromatic rings. The second-order valence-electron chi connectivity index (χ2n) is 5.49. The van der Waals surface area contributed by atoms with Gasteiger partial charge in [-0.2, -0.15) is 0 Å². The molecule has 0 aliphatic carbocycles. The van der Waals surface area contributed by atoms with Gasteiger partial charge < -0.3 is 10.1 Å². The Labute approximate surface area is 141 Å². The molecule has 4 rings (SSSR count). The zero-order chi connectivity index (χ0) is 16.0. The van der Waals surface area contributed by atoms with Crippen LogP contribution >= 0.6 is 15.9 Å². The normalized spacial score (nSPS) is 16.4. The molecular formula is C17H14BrN3O2. The number of nitrogens with one attached hydrogen (secondary N) is 1. The molecule has 0 spiro atoms. The number of aromatic nitrogens is 2. The maximum absolute atomic E-state index is 12.3. The molecule has 1 N–H and O–H groups in total. The van der Waals surface area contributed by atoms with Gasteiger partial charge in [0, 0.05) is 4.47 Å². The summed E-state index contributed by atoms with van der Waals surface area (Å²) in [6.45, 7) is 0. The molecule has 116 valence electrons. The highest BCUT2D eigenvalue weighted by molar-refractivity contribution is 9.10. The average molecular weight is 372 g/mol. The molecule has 1 atom stereocenters. The number of hydrogen-bond donors (Lipinski definition) is 1. The first-order valence-electron chi connectivity index (χ1n) is 7.27. The third-order valence-corrected chi connectivity index (χ3v) is 4.55. The Hall–Kier alpha value is -2.34. The third-order valence-electron chi connectivity index (χ3n) is 4.05. The predicted molar refractivity (Wildman–Crippen MR) is 90.8 cm³/mol. The number of nitrogens with zero attached hydrogens (tertiary/aromatic N) is 2. The zero-order valence-corrected chi connectivity index (χ0v) is 14.0. The largest absolute Gasteiger partial charge is 0.497 e. The molecule has 5 nitrogen and oxygen atoms in total. The summed E-state index contributed by atoms with van der Waals surface area (Å²) in [5.74, 6) is 1.58. The van der Waals surface area contributed by atoms with Crippen LogP contribution in [0.2, 0.25) is 0 Å². The van der Waals surface area contributed by atoms with Crippen LogP contribution < -0.4 is 10.1 Å². The van der Waals surface area contributed by atoms with E-state index in [4.69, 9.17) is 4.74 Å². The Morgan fingerprint density at radius 1 is 1.26 bits per heavy atom. The summed E-state index contributed by atoms with van der Waals surface area (Å²) < 4.78 is 7.76. The summed E-state index contributed by atoms with van der Waals surface area (Å²) in [6, 6.07) is 13.4. The second kappa shape index (κ2) is 5.38. The number of carbonyl (C=O) groups excluding carboxylic acids is 1. The number of benzene rings is 2. The van der Waals surface area contributed by atoms with Crippen LogP contribution in [0.5, 0.6) is 5.75 Å². The lowest BCUT2D eigenvalue weighted by atomic mass is 10.1. The van der Waals surface area contributed by atoms with Crippen molar-refractivity contribution in [3.8, 4) is 5.75 Å². The van der Waals surface area contributed by atoms with Crippen LogP contribution in [-0.2, 0) is 6.42 Å². The molecule has 23 heavy (non-hydrogen) atoms. The summed E-state index contributed by atoms with van der Waals surface area (Å²) in [7, 11) is 1.65. The molecule has 6 heteroatoms. The average Bonchev–Trinajstić information content (AvgIpc) is 3.06. The molecule has 1 aliphatic rings. The Kier molecular flexibility index (Phi) is 3.34. The zero-order valence-electron chi connectivity index (χ0n) is 12.4. The number of rotatable bonds is 3. The maximum Gasteiger partial charge on any atom is 0.328 e. The number of carbonyl (C=O) groups is 1. The van der Waals surface area contributed by atoms with Crippen LogP contribution in [0.1, 0.15) is 17.4 Å². The lowest BCUT2D eigenvalue weighted by Gasteiger charge is -2.09. The molecule has 0 saturated heterocycles. The number of fused-ring (bicyclic) bond motifs is 3. The number of ether oxygens (including phenoxy) is 1. The number of halogens is 1. The molecule has 2 heterocycles. The number of imidazole rings is 1. The summed E-state index contributed by atoms with van der Waals surface area (Å²) in [5, 5.41) is 3.00. The van der Waals surface area contributed by atoms with E-state index in [-0.39, 0.29) is 12.1 Å². The Bertz CT molecular complexity index is 902. The summed E-state index contributed by atoms with van der Waals surface area (Å²) >= 11 is 3.44. The molecule has 0 unspecified atom stereocenters. The molecule has 2 aromatic carbocycles. The van der Waals surface area contributed by atoms with E-state index in [1.165, 1.54) is 0 Å². The first kappa shape index (κ1) is 14.3. The van der Waals surface area contributed by atoms with Crippen LogP contribution in [0.4, 0.5) is 4.79 Å². The van der Waals surface area contributed by atoms with Gasteiger partial charge in [0.25, 0.3) is 0 Å². The molecule has 1 amide bonds. The predicted octanol–water partition coefficient (Wildman–Crippen LogP) is 3.66. The molecular weight excluding hydrogens is 358 g/mol. The summed E-state index contributed by atoms with van der Waals surface area (Å²) in [5.41, 5.74) is 2.78. The number of amides is 1. The van der Waals surface area contributed by atoms with E-state index in [1.54, 1.807) is 11.7 Å². The van der Waals surface area contributed by atoms with Crippen molar-refractivity contribution in [2.24, 2.45) is 0 Å². The molecule has 1 aromatic heterocycles. The van der Waals surface area contributed by atoms with Crippen LogP contribution in [-0.4, -0.2) is 22.7 Å². The lowest BCUT2D eigenvalue weighted by molar-refractivity contribution is 0.245. The highest BCUT2D eigenvalue weighted by atomic mass is 79.9. The van der Waals surface area contributed by atoms with E-state index in [2.05, 4.69) is 26.2 Å². The van der Waals surface area contributed by atoms with Crippen molar-refractivity contribution in [1.29, 1.82) is 0 Å². The van der Waals surface area contributed by atoms with E-state index < -0.39 is 0 Å². The molecule has 0 fully saturated rings. The molecule has 1 aliphatic heterocycles. The fourth-order valence-electron chi connectivity index (χ4n) is 2.93. The summed E-state index contributed by atoms with van der Waals surface area (Å²) in [4.78, 5) is 17.0. The minimum absolute atomic E-state index is 0.123. The minimum Gasteiger partial charge on any atom is -0.497 e. The van der Waals surface area contributed by atoms with E-state index in [9.17, 15) is 4.79 Å². The highest BCUT2D eigenvalue weighted by Crippen LogP contribution is 2.29. The van der Waals surface area contributed by atoms with Crippen LogP contribution in [0.25, 0.3) is 11.0 Å². The van der Waals surface area contributed by atoms with Crippen molar-refractivity contribution in [2.45, 2.75) is 12.5 Å². The van der Waals surface area contributed by atoms with Crippen molar-refractivity contribution in [3.63, 3.8) is 0 Å². The van der Waals surface area contributed by atoms with Crippen molar-refractivity contribution < 1.29 is 9.53 Å². The fourth-order valence-corrected chi connectivity index (χ4v) is 3.28. The van der Waals surface area contributed by atoms with Gasteiger partial charge in [-0.3, -0.25) is 0 Å². The highest BCUT2D eigenvalue weighted by Gasteiger charge is 2.32. The van der Waals surface area contributed by atoms with Gasteiger partial charge in [0.15, 0.2) is 0 Å². The monoisotopic (exact) mass is 371 g/mol. The molecule has 0 saturated carbocycles. The van der Waals surface area contributed by atoms with Gasteiger partial charge in [0.05, 0.1) is 24.2 Å². The Morgan fingerprint density at radius 2 is 2.04 bits per heavy atom. The van der Waals surface area contributed by atoms with Gasteiger partial charge in [-0.1, -0.05) is 28.1 Å². The first-order valence-corrected chi connectivity index (χ1v) is 8.07. The van der Waals surface area contributed by atoms with Gasteiger partial charge in [-0.25, -0.2) is 14.3 Å². The Balaban J connectivity index is 1.70. The van der Waals surface area contributed by atoms with Gasteiger partial charge in [-0.15, -0.1) is 0 Å². The van der Waals surface area contributed by atoms with Crippen molar-refractivity contribution >= 4 is 33.0 Å². The Morgan fingerprint density at radius 3 is 2.78 bits per heavy atom. The van der Waals surface area contributed by atoms with Crippen molar-refractivity contribution in [2.75, 3.05) is 7.11 Å². The van der Waals surface area contributed by atoms with E-state index in [0.29, 0.717) is 6.42 Å². The fraction of sp³-hybridized carbons (Fsp3) is 0.176. The molecule has 0 radical (unpaired) electrons. The van der Waals surface area contributed by atoms with Gasteiger partial charge in [0.2, 0.25) is 0 Å². The third kappa shape index (κ3) is 2.39. The lowest BCUT2D eigenvalue weighted by Crippen LogP contribution is -2.22. The van der Waals surface area contributed by atoms with Crippen LogP contribution in [0, 0.1) is 0 Å². The smallest absolute Gasteiger partial charge is 0.328 e. The quantitative estimate of drug-likeness (QED) is 0.764. The van der Waals surface area contributed by atoms with Crippen LogP contribution in [0.3, 0.4) is 0 Å².